The van der Waals surface area contributed by atoms with Crippen LogP contribution >= 0.6 is 23.1 Å². The zero-order valence-corrected chi connectivity index (χ0v) is 20.4. The van der Waals surface area contributed by atoms with E-state index in [2.05, 4.69) is 9.88 Å². The Kier molecular flexibility index (Phi) is 7.16. The average Bonchev–Trinajstić information content (AvgIpc) is 3.22. The highest BCUT2D eigenvalue weighted by molar-refractivity contribution is 7.98. The Morgan fingerprint density at radius 3 is 2.72 bits per heavy atom. The van der Waals surface area contributed by atoms with Gasteiger partial charge in [-0.05, 0) is 42.7 Å². The number of anilines is 1. The molecule has 170 valence electrons. The molecule has 0 unspecified atom stereocenters. The van der Waals surface area contributed by atoms with Crippen molar-refractivity contribution in [2.45, 2.75) is 9.79 Å². The van der Waals surface area contributed by atoms with Gasteiger partial charge in [-0.2, -0.15) is 0 Å². The quantitative estimate of drug-likeness (QED) is 0.469. The van der Waals surface area contributed by atoms with Crippen molar-refractivity contribution in [3.8, 4) is 0 Å². The van der Waals surface area contributed by atoms with E-state index in [1.165, 1.54) is 17.6 Å². The van der Waals surface area contributed by atoms with Crippen molar-refractivity contribution in [1.82, 2.24) is 9.88 Å². The van der Waals surface area contributed by atoms with E-state index >= 15 is 0 Å². The van der Waals surface area contributed by atoms with E-state index in [1.807, 2.05) is 30.5 Å². The highest BCUT2D eigenvalue weighted by Crippen LogP contribution is 2.32. The monoisotopic (exact) mass is 491 g/mol. The number of hydrogen-bond acceptors (Lipinski definition) is 8. The van der Waals surface area contributed by atoms with Gasteiger partial charge in [0.05, 0.1) is 28.3 Å². The van der Waals surface area contributed by atoms with Gasteiger partial charge in [0.15, 0.2) is 15.0 Å². The normalized spacial score (nSPS) is 15.2. The van der Waals surface area contributed by atoms with Crippen molar-refractivity contribution in [2.75, 3.05) is 56.8 Å². The topological polar surface area (TPSA) is 79.8 Å². The van der Waals surface area contributed by atoms with Crippen molar-refractivity contribution in [2.24, 2.45) is 0 Å². The third kappa shape index (κ3) is 5.32. The molecule has 0 saturated carbocycles. The molecule has 32 heavy (non-hydrogen) atoms. The molecule has 1 aliphatic heterocycles. The predicted molar refractivity (Wildman–Crippen MR) is 130 cm³/mol. The summed E-state index contributed by atoms with van der Waals surface area (Å²) >= 11 is 2.93. The minimum absolute atomic E-state index is 0.114. The first-order valence-corrected chi connectivity index (χ1v) is 14.1. The third-order valence-corrected chi connectivity index (χ3v) is 8.19. The third-order valence-electron chi connectivity index (χ3n) is 5.31. The maximum Gasteiger partial charge on any atom is 0.260 e. The van der Waals surface area contributed by atoms with Gasteiger partial charge in [0.1, 0.15) is 0 Å². The lowest BCUT2D eigenvalue weighted by Crippen LogP contribution is -2.43. The molecule has 1 fully saturated rings. The summed E-state index contributed by atoms with van der Waals surface area (Å²) in [4.78, 5) is 23.5. The maximum atomic E-state index is 13.5. The van der Waals surface area contributed by atoms with Crippen LogP contribution in [0.15, 0.2) is 52.3 Å². The summed E-state index contributed by atoms with van der Waals surface area (Å²) < 4.78 is 30.1. The Labute approximate surface area is 196 Å². The summed E-state index contributed by atoms with van der Waals surface area (Å²) in [6, 6.07) is 12.5. The largest absolute Gasteiger partial charge is 0.379 e. The van der Waals surface area contributed by atoms with E-state index in [0.29, 0.717) is 42.5 Å². The summed E-state index contributed by atoms with van der Waals surface area (Å²) in [5, 5.41) is 0.568. The highest BCUT2D eigenvalue weighted by atomic mass is 32.2. The molecule has 3 aromatic rings. The van der Waals surface area contributed by atoms with Crippen LogP contribution in [0.1, 0.15) is 10.4 Å². The van der Waals surface area contributed by atoms with Gasteiger partial charge < -0.3 is 4.74 Å². The minimum atomic E-state index is -3.32. The van der Waals surface area contributed by atoms with Gasteiger partial charge in [-0.15, -0.1) is 11.8 Å². The number of hydrogen-bond donors (Lipinski definition) is 0. The molecule has 1 aromatic heterocycles. The van der Waals surface area contributed by atoms with Crippen LogP contribution < -0.4 is 4.90 Å². The van der Waals surface area contributed by atoms with Crippen LogP contribution in [0.3, 0.4) is 0 Å². The summed E-state index contributed by atoms with van der Waals surface area (Å²) in [5.41, 5.74) is 1.29. The van der Waals surface area contributed by atoms with Crippen molar-refractivity contribution in [1.29, 1.82) is 0 Å². The summed E-state index contributed by atoms with van der Waals surface area (Å²) in [6.07, 6.45) is 3.17. The molecule has 2 heterocycles. The Morgan fingerprint density at radius 1 is 1.22 bits per heavy atom. The number of fused-ring (bicyclic) bond motifs is 1. The van der Waals surface area contributed by atoms with Crippen molar-refractivity contribution in [3.63, 3.8) is 0 Å². The smallest absolute Gasteiger partial charge is 0.260 e. The number of sulfone groups is 1. The van der Waals surface area contributed by atoms with Crippen LogP contribution in [0.4, 0.5) is 5.13 Å². The number of aromatic nitrogens is 1. The van der Waals surface area contributed by atoms with Crippen LogP contribution in [0, 0.1) is 0 Å². The molecule has 0 atom stereocenters. The van der Waals surface area contributed by atoms with Gasteiger partial charge in [-0.3, -0.25) is 14.6 Å². The van der Waals surface area contributed by atoms with E-state index in [4.69, 9.17) is 4.74 Å². The second kappa shape index (κ2) is 9.88. The number of ether oxygens (including phenoxy) is 1. The molecule has 1 aliphatic rings. The number of rotatable bonds is 7. The van der Waals surface area contributed by atoms with Gasteiger partial charge >= 0.3 is 0 Å². The first kappa shape index (κ1) is 23.2. The van der Waals surface area contributed by atoms with Crippen molar-refractivity contribution in [3.05, 3.63) is 48.0 Å². The van der Waals surface area contributed by atoms with Gasteiger partial charge in [0.2, 0.25) is 0 Å². The fourth-order valence-electron chi connectivity index (χ4n) is 3.50. The lowest BCUT2D eigenvalue weighted by Gasteiger charge is -2.29. The molecular weight excluding hydrogens is 466 g/mol. The number of morpholine rings is 1. The zero-order chi connectivity index (χ0) is 22.7. The van der Waals surface area contributed by atoms with E-state index in [0.717, 1.165) is 22.7 Å². The number of carbonyl (C=O) groups excluding carboxylic acids is 1. The fourth-order valence-corrected chi connectivity index (χ4v) is 5.71. The van der Waals surface area contributed by atoms with Crippen molar-refractivity contribution < 1.29 is 17.9 Å². The fraction of sp³-hybridized carbons (Fsp3) is 0.364. The molecule has 2 aromatic carbocycles. The Bertz CT molecular complexity index is 1220. The Hall–Kier alpha value is -1.98. The Balaban J connectivity index is 1.68. The van der Waals surface area contributed by atoms with E-state index in [9.17, 15) is 13.2 Å². The number of amides is 1. The molecule has 0 bridgehead atoms. The van der Waals surface area contributed by atoms with E-state index in [1.54, 1.807) is 34.9 Å². The summed E-state index contributed by atoms with van der Waals surface area (Å²) in [7, 11) is -3.32. The average molecular weight is 492 g/mol. The minimum Gasteiger partial charge on any atom is -0.379 e. The first-order valence-electron chi connectivity index (χ1n) is 10.2. The number of benzene rings is 2. The SMILES string of the molecule is CSc1cccc(C(=O)N(CCN2CCOCC2)c2nc3ccc(S(C)(=O)=O)cc3s2)c1. The van der Waals surface area contributed by atoms with Crippen molar-refractivity contribution >= 4 is 54.2 Å². The van der Waals surface area contributed by atoms with Crippen LogP contribution in [0.5, 0.6) is 0 Å². The van der Waals surface area contributed by atoms with Crippen LogP contribution in [0.2, 0.25) is 0 Å². The Morgan fingerprint density at radius 2 is 2.00 bits per heavy atom. The maximum absolute atomic E-state index is 13.5. The zero-order valence-electron chi connectivity index (χ0n) is 18.0. The molecule has 7 nitrogen and oxygen atoms in total. The molecular formula is C22H25N3O4S3. The molecule has 1 saturated heterocycles. The second-order valence-electron chi connectivity index (χ2n) is 7.54. The summed E-state index contributed by atoms with van der Waals surface area (Å²) in [6.45, 7) is 4.25. The van der Waals surface area contributed by atoms with Crippen LogP contribution in [-0.2, 0) is 14.6 Å². The van der Waals surface area contributed by atoms with Gasteiger partial charge in [-0.25, -0.2) is 13.4 Å². The lowest BCUT2D eigenvalue weighted by atomic mass is 10.2. The number of thiazole rings is 1. The predicted octanol–water partition coefficient (Wildman–Crippen LogP) is 3.40. The molecule has 4 rings (SSSR count). The van der Waals surface area contributed by atoms with Gasteiger partial charge in [0, 0.05) is 42.9 Å². The molecule has 0 radical (unpaired) electrons. The standard InChI is InChI=1S/C22H25N3O4S3/c1-30-17-5-3-4-16(14-17)21(26)25(9-8-24-10-12-29-13-11-24)22-23-19-7-6-18(32(2,27)28)15-20(19)31-22/h3-7,14-15H,8-13H2,1-2H3. The molecule has 0 spiro atoms. The van der Waals surface area contributed by atoms with E-state index < -0.39 is 9.84 Å². The molecule has 0 aliphatic carbocycles. The lowest BCUT2D eigenvalue weighted by molar-refractivity contribution is 0.0391. The van der Waals surface area contributed by atoms with E-state index in [-0.39, 0.29) is 10.8 Å². The summed E-state index contributed by atoms with van der Waals surface area (Å²) in [5.74, 6) is -0.114. The number of carbonyl (C=O) groups is 1. The molecule has 10 heteroatoms. The second-order valence-corrected chi connectivity index (χ2v) is 11.4. The number of nitrogens with zero attached hydrogens (tertiary/aromatic N) is 3. The van der Waals surface area contributed by atoms with Crippen LogP contribution in [0.25, 0.3) is 10.2 Å². The van der Waals surface area contributed by atoms with Gasteiger partial charge in [0.25, 0.3) is 5.91 Å². The van der Waals surface area contributed by atoms with Crippen LogP contribution in [-0.4, -0.2) is 76.1 Å². The first-order chi connectivity index (χ1) is 15.3. The molecule has 1 amide bonds. The molecule has 0 N–H and O–H groups in total. The number of thioether (sulfide) groups is 1. The van der Waals surface area contributed by atoms with Gasteiger partial charge in [-0.1, -0.05) is 17.4 Å². The highest BCUT2D eigenvalue weighted by Gasteiger charge is 2.23.